The molecule has 1 fully saturated rings. The number of nitrogens with zero attached hydrogens (tertiary/aromatic N) is 4. The molecular weight excluding hydrogens is 469 g/mol. The highest BCUT2D eigenvalue weighted by Gasteiger charge is 2.20. The van der Waals surface area contributed by atoms with Crippen molar-refractivity contribution in [3.63, 3.8) is 0 Å². The number of aryl methyl sites for hydroxylation is 2. The molecule has 0 saturated carbocycles. The number of aromatic nitrogens is 1. The Morgan fingerprint density at radius 3 is 2.61 bits per heavy atom. The molecule has 0 unspecified atom stereocenters. The van der Waals surface area contributed by atoms with Crippen LogP contribution in [-0.2, 0) is 6.54 Å². The Labute approximate surface area is 184 Å². The fraction of sp³-hybridized carbons (Fsp3) is 0.500. The number of halogens is 1. The largest absolute Gasteiger partial charge is 0.497 e. The van der Waals surface area contributed by atoms with E-state index in [2.05, 4.69) is 39.2 Å². The Hall–Kier alpha value is -1.97. The lowest BCUT2D eigenvalue weighted by atomic mass is 10.2. The third-order valence-corrected chi connectivity index (χ3v) is 4.77. The summed E-state index contributed by atoms with van der Waals surface area (Å²) < 4.78 is 11.0. The first-order valence-corrected chi connectivity index (χ1v) is 9.46. The maximum atomic E-state index is 5.64. The Balaban J connectivity index is 0.00000280. The van der Waals surface area contributed by atoms with Crippen LogP contribution in [0, 0.1) is 13.8 Å². The number of oxazole rings is 1. The summed E-state index contributed by atoms with van der Waals surface area (Å²) in [6.07, 6.45) is 0. The van der Waals surface area contributed by atoms with E-state index in [0.29, 0.717) is 12.4 Å². The summed E-state index contributed by atoms with van der Waals surface area (Å²) in [6, 6.07) is 8.22. The summed E-state index contributed by atoms with van der Waals surface area (Å²) in [4.78, 5) is 13.8. The number of benzene rings is 1. The molecule has 1 aliphatic heterocycles. The quantitative estimate of drug-likeness (QED) is 0.388. The van der Waals surface area contributed by atoms with Crippen molar-refractivity contribution in [3.05, 3.63) is 41.6 Å². The van der Waals surface area contributed by atoms with Gasteiger partial charge in [0.05, 0.1) is 12.8 Å². The molecule has 0 radical (unpaired) electrons. The molecular formula is C20H30IN5O2. The zero-order chi connectivity index (χ0) is 19.2. The van der Waals surface area contributed by atoms with Gasteiger partial charge in [0.1, 0.15) is 18.1 Å². The number of ether oxygens (including phenoxy) is 1. The second-order valence-electron chi connectivity index (χ2n) is 6.59. The minimum Gasteiger partial charge on any atom is -0.497 e. The average Bonchev–Trinajstić information content (AvgIpc) is 3.03. The second-order valence-corrected chi connectivity index (χ2v) is 6.59. The molecule has 0 bridgehead atoms. The van der Waals surface area contributed by atoms with Crippen molar-refractivity contribution in [1.82, 2.24) is 15.2 Å². The minimum absolute atomic E-state index is 0. The van der Waals surface area contributed by atoms with Crippen molar-refractivity contribution in [2.45, 2.75) is 27.3 Å². The van der Waals surface area contributed by atoms with Crippen molar-refractivity contribution in [1.29, 1.82) is 0 Å². The maximum Gasteiger partial charge on any atom is 0.216 e. The number of hydrogen-bond donors (Lipinski definition) is 1. The molecule has 1 saturated heterocycles. The highest BCUT2D eigenvalue weighted by atomic mass is 127. The summed E-state index contributed by atoms with van der Waals surface area (Å²) in [5.74, 6) is 3.32. The van der Waals surface area contributed by atoms with E-state index in [-0.39, 0.29) is 24.0 Å². The molecule has 0 spiro atoms. The van der Waals surface area contributed by atoms with Gasteiger partial charge in [-0.2, -0.15) is 0 Å². The third kappa shape index (κ3) is 5.52. The Bertz CT molecular complexity index is 765. The predicted octanol–water partition coefficient (Wildman–Crippen LogP) is 3.21. The topological polar surface area (TPSA) is 66.1 Å². The van der Waals surface area contributed by atoms with Crippen LogP contribution >= 0.6 is 24.0 Å². The number of piperazine rings is 1. The minimum atomic E-state index is 0. The van der Waals surface area contributed by atoms with Crippen LogP contribution in [0.1, 0.15) is 24.3 Å². The molecule has 1 aromatic heterocycles. The molecule has 1 aromatic carbocycles. The molecule has 1 N–H and O–H groups in total. The highest BCUT2D eigenvalue weighted by Crippen LogP contribution is 2.22. The van der Waals surface area contributed by atoms with Gasteiger partial charge in [-0.05, 0) is 32.9 Å². The zero-order valence-electron chi connectivity index (χ0n) is 17.1. The fourth-order valence-corrected chi connectivity index (χ4v) is 3.16. The monoisotopic (exact) mass is 499 g/mol. The molecule has 0 amide bonds. The van der Waals surface area contributed by atoms with Crippen molar-refractivity contribution < 1.29 is 9.15 Å². The Morgan fingerprint density at radius 1 is 1.25 bits per heavy atom. The molecule has 3 rings (SSSR count). The molecule has 0 aliphatic carbocycles. The van der Waals surface area contributed by atoms with E-state index in [1.807, 2.05) is 26.0 Å². The number of aliphatic imine (C=N–C) groups is 1. The van der Waals surface area contributed by atoms with Crippen LogP contribution in [0.25, 0.3) is 0 Å². The summed E-state index contributed by atoms with van der Waals surface area (Å²) in [5, 5.41) is 3.38. The van der Waals surface area contributed by atoms with Gasteiger partial charge >= 0.3 is 0 Å². The van der Waals surface area contributed by atoms with E-state index in [0.717, 1.165) is 55.9 Å². The second kappa shape index (κ2) is 10.5. The summed E-state index contributed by atoms with van der Waals surface area (Å²) in [6.45, 7) is 10.9. The standard InChI is InChI=1S/C20H29N5O2.HI/c1-5-21-20(22-14-19-23-15(2)16(3)27-19)25-11-9-24(10-12-25)17-7-6-8-18(13-17)26-4;/h6-8,13H,5,9-12,14H2,1-4H3,(H,21,22);1H. The number of nitrogens with one attached hydrogen (secondary N) is 1. The van der Waals surface area contributed by atoms with E-state index in [1.54, 1.807) is 7.11 Å². The van der Waals surface area contributed by atoms with Crippen molar-refractivity contribution in [2.75, 3.05) is 44.7 Å². The maximum absolute atomic E-state index is 5.64. The summed E-state index contributed by atoms with van der Waals surface area (Å²) in [5.41, 5.74) is 2.12. The van der Waals surface area contributed by atoms with Crippen LogP contribution in [0.3, 0.4) is 0 Å². The average molecular weight is 499 g/mol. The lowest BCUT2D eigenvalue weighted by Gasteiger charge is -2.37. The van der Waals surface area contributed by atoms with Crippen molar-refractivity contribution in [3.8, 4) is 5.75 Å². The van der Waals surface area contributed by atoms with Crippen LogP contribution < -0.4 is 15.0 Å². The molecule has 0 atom stereocenters. The van der Waals surface area contributed by atoms with Crippen LogP contribution in [0.4, 0.5) is 5.69 Å². The predicted molar refractivity (Wildman–Crippen MR) is 123 cm³/mol. The Morgan fingerprint density at radius 2 is 2.00 bits per heavy atom. The van der Waals surface area contributed by atoms with Crippen molar-refractivity contribution in [2.24, 2.45) is 4.99 Å². The van der Waals surface area contributed by atoms with Gasteiger partial charge in [-0.15, -0.1) is 24.0 Å². The summed E-state index contributed by atoms with van der Waals surface area (Å²) in [7, 11) is 1.70. The van der Waals surface area contributed by atoms with Gasteiger partial charge in [0.2, 0.25) is 5.89 Å². The third-order valence-electron chi connectivity index (χ3n) is 4.77. The Kier molecular flexibility index (Phi) is 8.40. The number of anilines is 1. The normalized spacial score (nSPS) is 14.6. The lowest BCUT2D eigenvalue weighted by Crippen LogP contribution is -2.52. The van der Waals surface area contributed by atoms with E-state index in [9.17, 15) is 0 Å². The number of hydrogen-bond acceptors (Lipinski definition) is 5. The fourth-order valence-electron chi connectivity index (χ4n) is 3.16. The first-order chi connectivity index (χ1) is 13.1. The number of guanidine groups is 1. The van der Waals surface area contributed by atoms with Gasteiger partial charge in [-0.3, -0.25) is 0 Å². The first kappa shape index (κ1) is 22.3. The van der Waals surface area contributed by atoms with Crippen LogP contribution in [0.5, 0.6) is 5.75 Å². The summed E-state index contributed by atoms with van der Waals surface area (Å²) >= 11 is 0. The van der Waals surface area contributed by atoms with Crippen LogP contribution in [0.15, 0.2) is 33.7 Å². The van der Waals surface area contributed by atoms with Crippen LogP contribution in [-0.4, -0.2) is 55.7 Å². The van der Waals surface area contributed by atoms with Gasteiger partial charge in [0.25, 0.3) is 0 Å². The number of rotatable bonds is 5. The number of methoxy groups -OCH3 is 1. The van der Waals surface area contributed by atoms with E-state index in [4.69, 9.17) is 14.1 Å². The molecule has 1 aliphatic rings. The smallest absolute Gasteiger partial charge is 0.216 e. The molecule has 8 heteroatoms. The van der Waals surface area contributed by atoms with E-state index < -0.39 is 0 Å². The van der Waals surface area contributed by atoms with E-state index >= 15 is 0 Å². The lowest BCUT2D eigenvalue weighted by molar-refractivity contribution is 0.370. The van der Waals surface area contributed by atoms with Gasteiger partial charge in [-0.25, -0.2) is 9.98 Å². The molecule has 154 valence electrons. The van der Waals surface area contributed by atoms with Crippen LogP contribution in [0.2, 0.25) is 0 Å². The van der Waals surface area contributed by atoms with Crippen molar-refractivity contribution >= 4 is 35.6 Å². The first-order valence-electron chi connectivity index (χ1n) is 9.46. The SMILES string of the molecule is CCNC(=NCc1nc(C)c(C)o1)N1CCN(c2cccc(OC)c2)CC1.I. The van der Waals surface area contributed by atoms with Gasteiger partial charge in [-0.1, -0.05) is 6.07 Å². The van der Waals surface area contributed by atoms with Gasteiger partial charge in [0, 0.05) is 44.5 Å². The zero-order valence-corrected chi connectivity index (χ0v) is 19.4. The molecule has 2 heterocycles. The molecule has 7 nitrogen and oxygen atoms in total. The molecule has 28 heavy (non-hydrogen) atoms. The van der Waals surface area contributed by atoms with E-state index in [1.165, 1.54) is 5.69 Å². The highest BCUT2D eigenvalue weighted by molar-refractivity contribution is 14.0. The molecule has 2 aromatic rings. The van der Waals surface area contributed by atoms with Gasteiger partial charge < -0.3 is 24.3 Å². The van der Waals surface area contributed by atoms with Gasteiger partial charge in [0.15, 0.2) is 5.96 Å².